The fourth-order valence-corrected chi connectivity index (χ4v) is 2.07. The molecule has 10 heteroatoms. The van der Waals surface area contributed by atoms with Crippen LogP contribution in [0.4, 0.5) is 23.2 Å². The predicted octanol–water partition coefficient (Wildman–Crippen LogP) is 2.90. The second-order valence-corrected chi connectivity index (χ2v) is 4.85. The van der Waals surface area contributed by atoms with Gasteiger partial charge in [0, 0.05) is 24.5 Å². The highest BCUT2D eigenvalue weighted by molar-refractivity contribution is 5.95. The Bertz CT molecular complexity index is 717. The zero-order chi connectivity index (χ0) is 17.2. The van der Waals surface area contributed by atoms with E-state index in [2.05, 4.69) is 15.7 Å². The number of amides is 1. The van der Waals surface area contributed by atoms with E-state index in [0.29, 0.717) is 17.7 Å². The number of nitrogens with one attached hydrogen (secondary N) is 2. The molecule has 132 valence electrons. The Morgan fingerprint density at radius 1 is 1.33 bits per heavy atom. The van der Waals surface area contributed by atoms with E-state index in [4.69, 9.17) is 0 Å². The zero-order valence-corrected chi connectivity index (χ0v) is 13.5. The first-order valence-electron chi connectivity index (χ1n) is 6.56. The molecule has 0 radical (unpaired) electrons. The Balaban J connectivity index is 0.00000288. The van der Waals surface area contributed by atoms with E-state index < -0.39 is 29.5 Å². The molecule has 24 heavy (non-hydrogen) atoms. The number of aromatic nitrogens is 2. The van der Waals surface area contributed by atoms with Crippen molar-refractivity contribution < 1.29 is 22.4 Å². The lowest BCUT2D eigenvalue weighted by molar-refractivity contribution is -0.140. The molecule has 5 nitrogen and oxygen atoms in total. The van der Waals surface area contributed by atoms with Crippen LogP contribution in [0.1, 0.15) is 17.2 Å². The van der Waals surface area contributed by atoms with Crippen molar-refractivity contribution in [3.8, 4) is 0 Å². The Hall–Kier alpha value is -2.13. The number of anilines is 1. The monoisotopic (exact) mass is 366 g/mol. The molecule has 1 aromatic heterocycles. The number of hydrogen-bond acceptors (Lipinski definition) is 3. The van der Waals surface area contributed by atoms with Gasteiger partial charge in [-0.1, -0.05) is 0 Å². The minimum absolute atomic E-state index is 0. The number of alkyl halides is 3. The Kier molecular flexibility index (Phi) is 6.33. The van der Waals surface area contributed by atoms with E-state index in [9.17, 15) is 22.4 Å². The van der Waals surface area contributed by atoms with Gasteiger partial charge in [-0.05, 0) is 25.2 Å². The highest BCUT2D eigenvalue weighted by Gasteiger charge is 2.34. The Morgan fingerprint density at radius 2 is 2.00 bits per heavy atom. The van der Waals surface area contributed by atoms with Gasteiger partial charge in [-0.2, -0.15) is 18.3 Å². The number of hydrogen-bond donors (Lipinski definition) is 2. The van der Waals surface area contributed by atoms with Crippen molar-refractivity contribution in [2.24, 2.45) is 7.05 Å². The van der Waals surface area contributed by atoms with Crippen LogP contribution in [0.5, 0.6) is 0 Å². The molecule has 1 aromatic carbocycles. The molecule has 0 fully saturated rings. The van der Waals surface area contributed by atoms with Crippen molar-refractivity contribution in [1.29, 1.82) is 0 Å². The lowest BCUT2D eigenvalue weighted by Gasteiger charge is -2.16. The van der Waals surface area contributed by atoms with Crippen molar-refractivity contribution in [3.63, 3.8) is 0 Å². The summed E-state index contributed by atoms with van der Waals surface area (Å²) in [6.45, 7) is 0. The molecule has 1 atom stereocenters. The summed E-state index contributed by atoms with van der Waals surface area (Å²) in [5.41, 5.74) is -1.03. The van der Waals surface area contributed by atoms with Gasteiger partial charge in [-0.15, -0.1) is 12.4 Å². The third-order valence-corrected chi connectivity index (χ3v) is 3.15. The molecule has 0 saturated carbocycles. The number of benzene rings is 1. The van der Waals surface area contributed by atoms with Crippen LogP contribution in [0.15, 0.2) is 30.6 Å². The average Bonchev–Trinajstić information content (AvgIpc) is 2.87. The van der Waals surface area contributed by atoms with Gasteiger partial charge in [0.05, 0.1) is 11.8 Å². The molecule has 0 aliphatic carbocycles. The highest BCUT2D eigenvalue weighted by atomic mass is 35.5. The Labute approximate surface area is 141 Å². The summed E-state index contributed by atoms with van der Waals surface area (Å²) in [7, 11) is 3.20. The zero-order valence-electron chi connectivity index (χ0n) is 12.7. The van der Waals surface area contributed by atoms with Crippen LogP contribution >= 0.6 is 12.4 Å². The first-order valence-corrected chi connectivity index (χ1v) is 6.56. The van der Waals surface area contributed by atoms with Gasteiger partial charge in [0.2, 0.25) is 5.91 Å². The molecule has 0 spiro atoms. The van der Waals surface area contributed by atoms with Crippen molar-refractivity contribution >= 4 is 24.0 Å². The molecule has 1 amide bonds. The van der Waals surface area contributed by atoms with E-state index >= 15 is 0 Å². The largest absolute Gasteiger partial charge is 0.419 e. The molecule has 2 rings (SSSR count). The third kappa shape index (κ3) is 4.45. The van der Waals surface area contributed by atoms with E-state index in [1.54, 1.807) is 13.2 Å². The average molecular weight is 367 g/mol. The summed E-state index contributed by atoms with van der Waals surface area (Å²) in [6, 6.07) is 1.49. The van der Waals surface area contributed by atoms with E-state index in [0.717, 1.165) is 6.07 Å². The number of aryl methyl sites for hydroxylation is 1. The highest BCUT2D eigenvalue weighted by Crippen LogP contribution is 2.33. The topological polar surface area (TPSA) is 59.0 Å². The van der Waals surface area contributed by atoms with Gasteiger partial charge in [-0.25, -0.2) is 4.39 Å². The number of nitrogens with zero attached hydrogens (tertiary/aromatic N) is 2. The summed E-state index contributed by atoms with van der Waals surface area (Å²) >= 11 is 0. The standard InChI is InChI=1S/C14H14F4N4O.ClH/c1-19-12(8-6-20-22(2)7-8)13(23)21-9-3-4-11(15)10(5-9)14(16,17)18;/h3-7,12,19H,1-2H3,(H,21,23);1H. The molecule has 0 aliphatic rings. The quantitative estimate of drug-likeness (QED) is 0.818. The molecule has 2 aromatic rings. The van der Waals surface area contributed by atoms with Crippen LogP contribution in [0, 0.1) is 5.82 Å². The molecular formula is C14H15ClF4N4O. The minimum Gasteiger partial charge on any atom is -0.324 e. The second kappa shape index (κ2) is 7.63. The number of carbonyl (C=O) groups is 1. The number of halogens is 5. The minimum atomic E-state index is -4.84. The van der Waals surface area contributed by atoms with E-state index in [-0.39, 0.29) is 18.1 Å². The summed E-state index contributed by atoms with van der Waals surface area (Å²) in [4.78, 5) is 12.2. The first-order chi connectivity index (χ1) is 10.7. The fraction of sp³-hybridized carbons (Fsp3) is 0.286. The van der Waals surface area contributed by atoms with Crippen molar-refractivity contribution in [2.75, 3.05) is 12.4 Å². The first kappa shape index (κ1) is 19.9. The lowest BCUT2D eigenvalue weighted by atomic mass is 10.1. The fourth-order valence-electron chi connectivity index (χ4n) is 2.07. The number of rotatable bonds is 4. The SMILES string of the molecule is CNC(C(=O)Nc1ccc(F)c(C(F)(F)F)c1)c1cnn(C)c1.Cl. The van der Waals surface area contributed by atoms with E-state index in [1.165, 1.54) is 17.9 Å². The Morgan fingerprint density at radius 3 is 2.50 bits per heavy atom. The van der Waals surface area contributed by atoms with Crippen molar-refractivity contribution in [2.45, 2.75) is 12.2 Å². The molecule has 0 aliphatic heterocycles. The maximum atomic E-state index is 13.2. The normalized spacial score (nSPS) is 12.4. The molecule has 0 saturated heterocycles. The summed E-state index contributed by atoms with van der Waals surface area (Å²) in [5, 5.41) is 9.01. The summed E-state index contributed by atoms with van der Waals surface area (Å²) in [6.07, 6.45) is -1.77. The summed E-state index contributed by atoms with van der Waals surface area (Å²) < 4.78 is 52.8. The molecule has 0 bridgehead atoms. The smallest absolute Gasteiger partial charge is 0.324 e. The van der Waals surface area contributed by atoms with Crippen molar-refractivity contribution in [3.05, 3.63) is 47.5 Å². The predicted molar refractivity (Wildman–Crippen MR) is 82.3 cm³/mol. The van der Waals surface area contributed by atoms with Gasteiger partial charge >= 0.3 is 6.18 Å². The van der Waals surface area contributed by atoms with Crippen LogP contribution in [-0.2, 0) is 18.0 Å². The second-order valence-electron chi connectivity index (χ2n) is 4.85. The lowest BCUT2D eigenvalue weighted by Crippen LogP contribution is -2.30. The van der Waals surface area contributed by atoms with Gasteiger partial charge in [0.25, 0.3) is 0 Å². The molecule has 1 unspecified atom stereocenters. The van der Waals surface area contributed by atoms with E-state index in [1.807, 2.05) is 0 Å². The van der Waals surface area contributed by atoms with Gasteiger partial charge in [-0.3, -0.25) is 9.48 Å². The third-order valence-electron chi connectivity index (χ3n) is 3.15. The van der Waals surface area contributed by atoms with Crippen LogP contribution < -0.4 is 10.6 Å². The molecule has 2 N–H and O–H groups in total. The molecule has 1 heterocycles. The summed E-state index contributed by atoms with van der Waals surface area (Å²) in [5.74, 6) is -1.98. The van der Waals surface area contributed by atoms with Crippen molar-refractivity contribution in [1.82, 2.24) is 15.1 Å². The molecular weight excluding hydrogens is 352 g/mol. The van der Waals surface area contributed by atoms with Crippen LogP contribution in [-0.4, -0.2) is 22.7 Å². The van der Waals surface area contributed by atoms with Gasteiger partial charge in [0.1, 0.15) is 11.9 Å². The maximum Gasteiger partial charge on any atom is 0.419 e. The number of carbonyl (C=O) groups excluding carboxylic acids is 1. The van der Waals surface area contributed by atoms with Crippen LogP contribution in [0.3, 0.4) is 0 Å². The van der Waals surface area contributed by atoms with Crippen LogP contribution in [0.2, 0.25) is 0 Å². The van der Waals surface area contributed by atoms with Gasteiger partial charge < -0.3 is 10.6 Å². The maximum absolute atomic E-state index is 13.2. The number of likely N-dealkylation sites (N-methyl/N-ethyl adjacent to an activating group) is 1. The van der Waals surface area contributed by atoms with Gasteiger partial charge in [0.15, 0.2) is 0 Å². The van der Waals surface area contributed by atoms with Crippen LogP contribution in [0.25, 0.3) is 0 Å².